The largest absolute Gasteiger partial charge is 0.497 e. The van der Waals surface area contributed by atoms with Crippen LogP contribution < -0.4 is 9.47 Å². The summed E-state index contributed by atoms with van der Waals surface area (Å²) in [5.74, 6) is -2.00. The van der Waals surface area contributed by atoms with Gasteiger partial charge in [-0.1, -0.05) is 0 Å². The molecule has 1 aromatic rings. The Balaban J connectivity index is 2.17. The van der Waals surface area contributed by atoms with Crippen LogP contribution in [0.2, 0.25) is 0 Å². The van der Waals surface area contributed by atoms with Gasteiger partial charge in [-0.3, -0.25) is 4.79 Å². The summed E-state index contributed by atoms with van der Waals surface area (Å²) >= 11 is 0. The molecule has 1 aliphatic heterocycles. The third kappa shape index (κ3) is 3.00. The highest BCUT2D eigenvalue weighted by Gasteiger charge is 2.36. The van der Waals surface area contributed by atoms with Gasteiger partial charge in [-0.05, 0) is 12.1 Å². The molecule has 1 aromatic carbocycles. The quantitative estimate of drug-likeness (QED) is 0.856. The van der Waals surface area contributed by atoms with Crippen molar-refractivity contribution in [1.82, 2.24) is 4.90 Å². The highest BCUT2D eigenvalue weighted by atomic mass is 19.3. The lowest BCUT2D eigenvalue weighted by molar-refractivity contribution is -0.0494. The van der Waals surface area contributed by atoms with Gasteiger partial charge in [-0.15, -0.1) is 0 Å². The van der Waals surface area contributed by atoms with Gasteiger partial charge in [0.1, 0.15) is 11.5 Å². The van der Waals surface area contributed by atoms with E-state index in [9.17, 15) is 13.6 Å². The van der Waals surface area contributed by atoms with Crippen molar-refractivity contribution in [2.75, 3.05) is 27.3 Å². The van der Waals surface area contributed by atoms with E-state index in [2.05, 4.69) is 0 Å². The molecule has 20 heavy (non-hydrogen) atoms. The van der Waals surface area contributed by atoms with E-state index in [1.165, 1.54) is 19.1 Å². The Hall–Kier alpha value is -1.85. The summed E-state index contributed by atoms with van der Waals surface area (Å²) < 4.78 is 36.4. The smallest absolute Gasteiger partial charge is 0.257 e. The van der Waals surface area contributed by atoms with Crippen LogP contribution in [-0.2, 0) is 0 Å². The molecule has 0 aliphatic carbocycles. The zero-order valence-corrected chi connectivity index (χ0v) is 11.5. The first-order valence-electron chi connectivity index (χ1n) is 6.36. The molecule has 0 atom stereocenters. The molecule has 0 N–H and O–H groups in total. The van der Waals surface area contributed by atoms with Crippen molar-refractivity contribution in [2.24, 2.45) is 0 Å². The van der Waals surface area contributed by atoms with Crippen molar-refractivity contribution >= 4 is 5.91 Å². The molecule has 0 aromatic heterocycles. The summed E-state index contributed by atoms with van der Waals surface area (Å²) in [6, 6.07) is 4.84. The molecule has 1 heterocycles. The van der Waals surface area contributed by atoms with Gasteiger partial charge in [0.25, 0.3) is 11.8 Å². The van der Waals surface area contributed by atoms with Gasteiger partial charge in [0, 0.05) is 32.0 Å². The Morgan fingerprint density at radius 1 is 1.20 bits per heavy atom. The maximum atomic E-state index is 13.1. The van der Waals surface area contributed by atoms with E-state index >= 15 is 0 Å². The van der Waals surface area contributed by atoms with Gasteiger partial charge in [0.2, 0.25) is 0 Å². The zero-order chi connectivity index (χ0) is 14.8. The molecular formula is C14H17F2NO3. The molecule has 1 fully saturated rings. The van der Waals surface area contributed by atoms with Crippen LogP contribution in [0.5, 0.6) is 11.5 Å². The molecule has 1 aliphatic rings. The van der Waals surface area contributed by atoms with Crippen LogP contribution in [0.4, 0.5) is 8.78 Å². The van der Waals surface area contributed by atoms with Gasteiger partial charge in [0.15, 0.2) is 0 Å². The lowest BCUT2D eigenvalue weighted by Crippen LogP contribution is -2.42. The molecule has 0 saturated carbocycles. The van der Waals surface area contributed by atoms with E-state index in [4.69, 9.17) is 9.47 Å². The highest BCUT2D eigenvalue weighted by molar-refractivity contribution is 5.97. The predicted octanol–water partition coefficient (Wildman–Crippen LogP) is 2.58. The number of benzene rings is 1. The Labute approximate surface area is 116 Å². The molecule has 1 saturated heterocycles. The summed E-state index contributed by atoms with van der Waals surface area (Å²) in [4.78, 5) is 13.8. The average molecular weight is 285 g/mol. The molecule has 4 nitrogen and oxygen atoms in total. The van der Waals surface area contributed by atoms with Crippen LogP contribution in [0.1, 0.15) is 23.2 Å². The fourth-order valence-electron chi connectivity index (χ4n) is 2.18. The number of rotatable bonds is 3. The lowest BCUT2D eigenvalue weighted by Gasteiger charge is -2.32. The summed E-state index contributed by atoms with van der Waals surface area (Å²) in [5.41, 5.74) is 0.360. The van der Waals surface area contributed by atoms with Gasteiger partial charge >= 0.3 is 0 Å². The first-order chi connectivity index (χ1) is 9.46. The molecule has 0 bridgehead atoms. The Morgan fingerprint density at radius 2 is 1.85 bits per heavy atom. The number of nitrogens with zero attached hydrogens (tertiary/aromatic N) is 1. The minimum Gasteiger partial charge on any atom is -0.497 e. The minimum atomic E-state index is -2.67. The second-order valence-corrected chi connectivity index (χ2v) is 4.71. The van der Waals surface area contributed by atoms with Crippen molar-refractivity contribution in [3.05, 3.63) is 23.8 Å². The number of likely N-dealkylation sites (tertiary alicyclic amines) is 1. The average Bonchev–Trinajstić information content (AvgIpc) is 2.45. The van der Waals surface area contributed by atoms with Gasteiger partial charge < -0.3 is 14.4 Å². The van der Waals surface area contributed by atoms with Crippen molar-refractivity contribution in [2.45, 2.75) is 18.8 Å². The van der Waals surface area contributed by atoms with E-state index in [0.717, 1.165) is 0 Å². The number of methoxy groups -OCH3 is 2. The van der Waals surface area contributed by atoms with E-state index in [1.54, 1.807) is 18.2 Å². The number of amides is 1. The number of carbonyl (C=O) groups excluding carboxylic acids is 1. The molecular weight excluding hydrogens is 268 g/mol. The van der Waals surface area contributed by atoms with Crippen molar-refractivity contribution < 1.29 is 23.0 Å². The van der Waals surface area contributed by atoms with E-state index in [0.29, 0.717) is 17.1 Å². The Bertz CT molecular complexity index is 495. The van der Waals surface area contributed by atoms with Crippen molar-refractivity contribution in [3.63, 3.8) is 0 Å². The number of halogens is 2. The summed E-state index contributed by atoms with van der Waals surface area (Å²) in [6.07, 6.45) is -0.589. The van der Waals surface area contributed by atoms with Crippen LogP contribution in [0.3, 0.4) is 0 Å². The molecule has 0 unspecified atom stereocenters. The van der Waals surface area contributed by atoms with Crippen LogP contribution in [0.15, 0.2) is 18.2 Å². The third-order valence-corrected chi connectivity index (χ3v) is 3.42. The normalized spacial score (nSPS) is 17.7. The first-order valence-corrected chi connectivity index (χ1v) is 6.36. The fraction of sp³-hybridized carbons (Fsp3) is 0.500. The predicted molar refractivity (Wildman–Crippen MR) is 69.6 cm³/mol. The maximum absolute atomic E-state index is 13.1. The molecule has 6 heteroatoms. The molecule has 110 valence electrons. The lowest BCUT2D eigenvalue weighted by atomic mass is 10.1. The van der Waals surface area contributed by atoms with E-state index < -0.39 is 5.92 Å². The molecule has 1 amide bonds. The molecule has 2 rings (SSSR count). The highest BCUT2D eigenvalue weighted by Crippen LogP contribution is 2.30. The summed E-state index contributed by atoms with van der Waals surface area (Å²) in [6.45, 7) is 0.113. The van der Waals surface area contributed by atoms with Gasteiger partial charge in [-0.25, -0.2) is 8.78 Å². The SMILES string of the molecule is COc1ccc(C(=O)N2CCC(F)(F)CC2)c(OC)c1. The number of carbonyl (C=O) groups is 1. The number of hydrogen-bond donors (Lipinski definition) is 0. The first kappa shape index (κ1) is 14.6. The Kier molecular flexibility index (Phi) is 4.11. The minimum absolute atomic E-state index is 0.0566. The van der Waals surface area contributed by atoms with Crippen LogP contribution in [-0.4, -0.2) is 44.0 Å². The van der Waals surface area contributed by atoms with E-state index in [-0.39, 0.29) is 31.8 Å². The topological polar surface area (TPSA) is 38.8 Å². The number of alkyl halides is 2. The fourth-order valence-corrected chi connectivity index (χ4v) is 2.18. The van der Waals surface area contributed by atoms with Crippen LogP contribution >= 0.6 is 0 Å². The number of piperidine rings is 1. The van der Waals surface area contributed by atoms with Crippen molar-refractivity contribution in [1.29, 1.82) is 0 Å². The monoisotopic (exact) mass is 285 g/mol. The third-order valence-electron chi connectivity index (χ3n) is 3.42. The summed E-state index contributed by atoms with van der Waals surface area (Å²) in [7, 11) is 2.97. The van der Waals surface area contributed by atoms with Crippen LogP contribution in [0.25, 0.3) is 0 Å². The Morgan fingerprint density at radius 3 is 2.40 bits per heavy atom. The zero-order valence-electron chi connectivity index (χ0n) is 11.5. The van der Waals surface area contributed by atoms with Crippen LogP contribution in [0, 0.1) is 0 Å². The molecule has 0 radical (unpaired) electrons. The van der Waals surface area contributed by atoms with E-state index in [1.807, 2.05) is 0 Å². The molecule has 0 spiro atoms. The maximum Gasteiger partial charge on any atom is 0.257 e. The number of hydrogen-bond acceptors (Lipinski definition) is 3. The van der Waals surface area contributed by atoms with Gasteiger partial charge in [-0.2, -0.15) is 0 Å². The number of ether oxygens (including phenoxy) is 2. The van der Waals surface area contributed by atoms with Gasteiger partial charge in [0.05, 0.1) is 19.8 Å². The standard InChI is InChI=1S/C14H17F2NO3/c1-19-10-3-4-11(12(9-10)20-2)13(18)17-7-5-14(15,16)6-8-17/h3-4,9H,5-8H2,1-2H3. The van der Waals surface area contributed by atoms with Crippen molar-refractivity contribution in [3.8, 4) is 11.5 Å². The summed E-state index contributed by atoms with van der Waals surface area (Å²) in [5, 5.41) is 0. The second kappa shape index (κ2) is 5.64. The second-order valence-electron chi connectivity index (χ2n) is 4.71.